The second-order valence-electron chi connectivity index (χ2n) is 9.94. The monoisotopic (exact) mass is 767 g/mol. The van der Waals surface area contributed by atoms with Crippen molar-refractivity contribution in [2.75, 3.05) is 20.2 Å². The summed E-state index contributed by atoms with van der Waals surface area (Å²) in [6, 6.07) is 7.90. The largest absolute Gasteiger partial charge is 0.496 e. The van der Waals surface area contributed by atoms with E-state index in [9.17, 15) is 43.9 Å². The molecule has 1 aliphatic rings. The van der Waals surface area contributed by atoms with Crippen LogP contribution in [0.2, 0.25) is 0 Å². The summed E-state index contributed by atoms with van der Waals surface area (Å²) >= 11 is 4.11. The Bertz CT molecular complexity index is 1760. The van der Waals surface area contributed by atoms with Crippen molar-refractivity contribution >= 4 is 46.7 Å². The number of nitrogens with one attached hydrogen (secondary N) is 1. The zero-order chi connectivity index (χ0) is 39.2. The lowest BCUT2D eigenvalue weighted by molar-refractivity contribution is -0.140. The number of benzene rings is 3. The van der Waals surface area contributed by atoms with Crippen LogP contribution in [0.3, 0.4) is 0 Å². The van der Waals surface area contributed by atoms with Crippen molar-refractivity contribution in [2.24, 2.45) is 5.73 Å². The van der Waals surface area contributed by atoms with Crippen LogP contribution < -0.4 is 15.8 Å². The van der Waals surface area contributed by atoms with E-state index in [1.165, 1.54) is 23.5 Å². The van der Waals surface area contributed by atoms with E-state index in [-0.39, 0.29) is 44.3 Å². The molecule has 8 nitrogen and oxygen atoms in total. The van der Waals surface area contributed by atoms with Crippen LogP contribution in [0.1, 0.15) is 79.6 Å². The van der Waals surface area contributed by atoms with E-state index >= 15 is 0 Å². The van der Waals surface area contributed by atoms with Gasteiger partial charge in [0.1, 0.15) is 11.6 Å². The number of amides is 2. The molecular formula is C34H40F7N3O5S2. The molecule has 0 spiro atoms. The summed E-state index contributed by atoms with van der Waals surface area (Å²) in [5, 5.41) is 2.43. The predicted molar refractivity (Wildman–Crippen MR) is 184 cm³/mol. The number of rotatable bonds is 7. The van der Waals surface area contributed by atoms with Crippen LogP contribution in [0.4, 0.5) is 30.7 Å². The summed E-state index contributed by atoms with van der Waals surface area (Å²) in [7, 11) is -2.78. The van der Waals surface area contributed by atoms with E-state index in [0.29, 0.717) is 50.2 Å². The molecule has 0 unspecified atom stereocenters. The predicted octanol–water partition coefficient (Wildman–Crippen LogP) is 8.42. The average molecular weight is 768 g/mol. The normalized spacial score (nSPS) is 13.6. The van der Waals surface area contributed by atoms with Gasteiger partial charge in [-0.1, -0.05) is 46.2 Å². The van der Waals surface area contributed by atoms with E-state index in [0.717, 1.165) is 30.7 Å². The van der Waals surface area contributed by atoms with Crippen molar-refractivity contribution in [3.63, 3.8) is 0 Å². The summed E-state index contributed by atoms with van der Waals surface area (Å²) < 4.78 is 127. The highest BCUT2D eigenvalue weighted by atomic mass is 32.2. The second-order valence-corrected chi connectivity index (χ2v) is 12.4. The molecule has 1 aliphatic heterocycles. The number of sulfonamides is 1. The molecule has 0 aromatic heterocycles. The van der Waals surface area contributed by atoms with Crippen molar-refractivity contribution in [3.05, 3.63) is 88.2 Å². The molecule has 0 bridgehead atoms. The number of alkyl halides is 6. The van der Waals surface area contributed by atoms with Gasteiger partial charge in [0, 0.05) is 29.2 Å². The molecule has 0 aliphatic carbocycles. The van der Waals surface area contributed by atoms with Crippen molar-refractivity contribution in [1.29, 1.82) is 0 Å². The number of nitrogens with zero attached hydrogens (tertiary/aromatic N) is 1. The minimum absolute atomic E-state index is 0.0564. The SMILES string of the molecule is CC.CC.COc1ccc(S(=O)(=O)N2CCCCC2)cc1C(=O)N/C(=C\c1ccc(F)c(C(F)(F)F)c1)c1ccc(C(F)(F)F)cc1S.NC=O. The maximum absolute atomic E-state index is 13.9. The first kappa shape index (κ1) is 44.9. The van der Waals surface area contributed by atoms with Crippen LogP contribution in [0.5, 0.6) is 5.75 Å². The number of hydrogen-bond donors (Lipinski definition) is 3. The lowest BCUT2D eigenvalue weighted by Crippen LogP contribution is -2.35. The Kier molecular flexibility index (Phi) is 17.7. The summed E-state index contributed by atoms with van der Waals surface area (Å²) in [4.78, 5) is 21.7. The van der Waals surface area contributed by atoms with Crippen molar-refractivity contribution in [1.82, 2.24) is 9.62 Å². The Morgan fingerprint density at radius 3 is 1.98 bits per heavy atom. The standard InChI is InChI=1S/C29H25F7N2O4S2.2C2H6.CH3NO/c1-42-25-10-7-19(44(40,41)38-11-3-2-4-12-38)16-21(25)27(39)37-24(20-8-6-18(15-26(20)43)28(31,32)33)14-17-5-9-23(30)22(13-17)29(34,35)36;2*1-2;2-1-3/h5-10,13-16,43H,2-4,11-12H2,1H3,(H,37,39);2*1-2H3;1H,(H2,2,3)/b24-14-;;;. The molecule has 1 fully saturated rings. The van der Waals surface area contributed by atoms with E-state index < -0.39 is 45.2 Å². The van der Waals surface area contributed by atoms with Crippen LogP contribution in [0.15, 0.2) is 64.4 Å². The number of piperidine rings is 1. The number of nitrogens with two attached hydrogens (primary N) is 1. The van der Waals surface area contributed by atoms with Crippen LogP contribution in [-0.4, -0.2) is 45.2 Å². The topological polar surface area (TPSA) is 119 Å². The fourth-order valence-corrected chi connectivity index (χ4v) is 6.48. The number of methoxy groups -OCH3 is 1. The zero-order valence-electron chi connectivity index (χ0n) is 28.5. The molecule has 0 saturated carbocycles. The molecule has 282 valence electrons. The van der Waals surface area contributed by atoms with Crippen LogP contribution in [0.25, 0.3) is 11.8 Å². The molecule has 0 atom stereocenters. The lowest BCUT2D eigenvalue weighted by Gasteiger charge is -2.26. The number of hydrogen-bond acceptors (Lipinski definition) is 6. The Morgan fingerprint density at radius 1 is 0.882 bits per heavy atom. The molecule has 4 rings (SSSR count). The van der Waals surface area contributed by atoms with Crippen LogP contribution in [-0.2, 0) is 27.2 Å². The minimum atomic E-state index is -5.06. The van der Waals surface area contributed by atoms with Crippen LogP contribution >= 0.6 is 12.6 Å². The zero-order valence-corrected chi connectivity index (χ0v) is 30.2. The van der Waals surface area contributed by atoms with E-state index in [1.54, 1.807) is 0 Å². The van der Waals surface area contributed by atoms with Gasteiger partial charge in [0.25, 0.3) is 5.91 Å². The number of carbonyl (C=O) groups excluding carboxylic acids is 2. The Labute approximate surface area is 298 Å². The maximum Gasteiger partial charge on any atom is 0.419 e. The minimum Gasteiger partial charge on any atom is -0.496 e. The van der Waals surface area contributed by atoms with Gasteiger partial charge in [-0.3, -0.25) is 9.59 Å². The Morgan fingerprint density at radius 2 is 1.47 bits per heavy atom. The van der Waals surface area contributed by atoms with E-state index in [4.69, 9.17) is 9.53 Å². The molecular weight excluding hydrogens is 728 g/mol. The summed E-state index contributed by atoms with van der Waals surface area (Å²) in [6.45, 7) is 8.58. The van der Waals surface area contributed by atoms with Crippen molar-refractivity contribution in [2.45, 2.75) is 69.1 Å². The first-order chi connectivity index (χ1) is 23.9. The van der Waals surface area contributed by atoms with Gasteiger partial charge in [-0.25, -0.2) is 12.8 Å². The average Bonchev–Trinajstić information content (AvgIpc) is 3.10. The smallest absolute Gasteiger partial charge is 0.419 e. The van der Waals surface area contributed by atoms with Gasteiger partial charge < -0.3 is 15.8 Å². The van der Waals surface area contributed by atoms with Crippen LogP contribution in [0, 0.1) is 5.82 Å². The van der Waals surface area contributed by atoms with Gasteiger partial charge in [0.2, 0.25) is 16.4 Å². The summed E-state index contributed by atoms with van der Waals surface area (Å²) in [6.07, 6.45) is -6.36. The Balaban J connectivity index is 0.00000173. The molecule has 3 N–H and O–H groups in total. The van der Waals surface area contributed by atoms with Gasteiger partial charge in [-0.05, 0) is 66.9 Å². The number of halogens is 7. The molecule has 2 amide bonds. The quantitative estimate of drug-likeness (QED) is 0.0966. The molecule has 0 radical (unpaired) electrons. The number of ether oxygens (including phenoxy) is 1. The van der Waals surface area contributed by atoms with E-state index in [1.807, 2.05) is 27.7 Å². The van der Waals surface area contributed by atoms with Crippen molar-refractivity contribution < 1.29 is 53.5 Å². The Hall–Kier alpha value is -4.09. The summed E-state index contributed by atoms with van der Waals surface area (Å²) in [5.41, 5.74) is 0.528. The number of thiol groups is 1. The highest BCUT2D eigenvalue weighted by molar-refractivity contribution is 7.89. The third kappa shape index (κ3) is 12.3. The first-order valence-electron chi connectivity index (χ1n) is 15.6. The fraction of sp³-hybridized carbons (Fsp3) is 0.353. The first-order valence-corrected chi connectivity index (χ1v) is 17.5. The fourth-order valence-electron chi connectivity index (χ4n) is 4.60. The summed E-state index contributed by atoms with van der Waals surface area (Å²) in [5.74, 6) is -2.60. The lowest BCUT2D eigenvalue weighted by atomic mass is 10.0. The van der Waals surface area contributed by atoms with Gasteiger partial charge in [0.15, 0.2) is 0 Å². The van der Waals surface area contributed by atoms with Gasteiger partial charge in [-0.2, -0.15) is 30.6 Å². The van der Waals surface area contributed by atoms with Gasteiger partial charge in [0.05, 0.1) is 28.7 Å². The van der Waals surface area contributed by atoms with Gasteiger partial charge >= 0.3 is 12.4 Å². The molecule has 3 aromatic rings. The highest BCUT2D eigenvalue weighted by Crippen LogP contribution is 2.36. The molecule has 1 saturated heterocycles. The molecule has 3 aromatic carbocycles. The maximum atomic E-state index is 13.9. The molecule has 1 heterocycles. The third-order valence-electron chi connectivity index (χ3n) is 6.84. The van der Waals surface area contributed by atoms with Crippen molar-refractivity contribution in [3.8, 4) is 5.75 Å². The molecule has 51 heavy (non-hydrogen) atoms. The third-order valence-corrected chi connectivity index (χ3v) is 9.10. The van der Waals surface area contributed by atoms with E-state index in [2.05, 4.69) is 23.7 Å². The number of primary amides is 1. The number of carbonyl (C=O) groups is 2. The second kappa shape index (κ2) is 20.1. The molecule has 17 heteroatoms. The highest BCUT2D eigenvalue weighted by Gasteiger charge is 2.35. The van der Waals surface area contributed by atoms with Gasteiger partial charge in [-0.15, -0.1) is 12.6 Å².